The van der Waals surface area contributed by atoms with Crippen molar-refractivity contribution in [3.8, 4) is 5.75 Å². The smallest absolute Gasteiger partial charge is 0.277 e. The van der Waals surface area contributed by atoms with Gasteiger partial charge in [0.05, 0.1) is 17.4 Å². The fourth-order valence-electron chi connectivity index (χ4n) is 2.29. The molecule has 21 heavy (non-hydrogen) atoms. The van der Waals surface area contributed by atoms with E-state index in [0.717, 1.165) is 5.56 Å². The second-order valence-electron chi connectivity index (χ2n) is 4.97. The lowest BCUT2D eigenvalue weighted by molar-refractivity contribution is 0.0697. The Labute approximate surface area is 123 Å². The van der Waals surface area contributed by atoms with Crippen LogP contribution in [-0.2, 0) is 0 Å². The molecule has 1 aromatic carbocycles. The number of carbonyl (C=O) groups is 1. The van der Waals surface area contributed by atoms with Crippen molar-refractivity contribution in [2.24, 2.45) is 0 Å². The number of nitrogens with one attached hydrogen (secondary N) is 1. The number of aromatic amines is 1. The van der Waals surface area contributed by atoms with E-state index < -0.39 is 0 Å². The molecule has 0 fully saturated rings. The van der Waals surface area contributed by atoms with E-state index in [1.165, 1.54) is 0 Å². The fraction of sp³-hybridized carbons (Fsp3) is 0.333. The summed E-state index contributed by atoms with van der Waals surface area (Å²) in [5.41, 5.74) is 8.03. The maximum atomic E-state index is 12.6. The van der Waals surface area contributed by atoms with Gasteiger partial charge in [0.25, 0.3) is 5.91 Å². The van der Waals surface area contributed by atoms with Gasteiger partial charge in [0.15, 0.2) is 5.69 Å². The van der Waals surface area contributed by atoms with Crippen LogP contribution in [0, 0.1) is 6.92 Å². The number of rotatable bonds is 4. The van der Waals surface area contributed by atoms with Crippen LogP contribution >= 0.6 is 0 Å². The van der Waals surface area contributed by atoms with Gasteiger partial charge in [0.2, 0.25) is 0 Å². The number of aromatic hydroxyl groups is 1. The Morgan fingerprint density at radius 2 is 2.24 bits per heavy atom. The average Bonchev–Trinajstić information content (AvgIpc) is 2.79. The van der Waals surface area contributed by atoms with Crippen molar-refractivity contribution in [3.05, 3.63) is 41.2 Å². The number of aromatic nitrogens is 2. The number of H-pyrrole nitrogens is 1. The summed E-state index contributed by atoms with van der Waals surface area (Å²) in [5.74, 6) is -0.0480. The summed E-state index contributed by atoms with van der Waals surface area (Å²) in [6, 6.07) is 6.70. The topological polar surface area (TPSA) is 95.2 Å². The molecule has 1 atom stereocenters. The number of phenols is 1. The van der Waals surface area contributed by atoms with Gasteiger partial charge in [-0.25, -0.2) is 0 Å². The lowest BCUT2D eigenvalue weighted by Gasteiger charge is -2.28. The Morgan fingerprint density at radius 3 is 2.76 bits per heavy atom. The zero-order chi connectivity index (χ0) is 15.6. The number of nitrogens with zero attached hydrogens (tertiary/aromatic N) is 2. The molecule has 0 saturated carbocycles. The molecular formula is C15H20N4O2. The van der Waals surface area contributed by atoms with E-state index in [9.17, 15) is 9.90 Å². The van der Waals surface area contributed by atoms with Crippen molar-refractivity contribution in [1.82, 2.24) is 15.1 Å². The maximum absolute atomic E-state index is 12.6. The molecule has 0 aliphatic carbocycles. The van der Waals surface area contributed by atoms with Gasteiger partial charge in [-0.1, -0.05) is 12.1 Å². The van der Waals surface area contributed by atoms with Crippen LogP contribution in [0.15, 0.2) is 24.3 Å². The molecule has 112 valence electrons. The quantitative estimate of drug-likeness (QED) is 0.804. The number of carbonyl (C=O) groups excluding carboxylic acids is 1. The molecule has 0 bridgehead atoms. The molecule has 1 amide bonds. The minimum Gasteiger partial charge on any atom is -0.508 e. The van der Waals surface area contributed by atoms with Gasteiger partial charge >= 0.3 is 0 Å². The van der Waals surface area contributed by atoms with Crippen LogP contribution in [0.25, 0.3) is 0 Å². The molecule has 2 aromatic rings. The van der Waals surface area contributed by atoms with E-state index in [0.29, 0.717) is 17.9 Å². The first-order chi connectivity index (χ1) is 9.95. The van der Waals surface area contributed by atoms with Gasteiger partial charge < -0.3 is 15.7 Å². The highest BCUT2D eigenvalue weighted by Crippen LogP contribution is 2.26. The summed E-state index contributed by atoms with van der Waals surface area (Å²) in [6.45, 7) is 6.09. The monoisotopic (exact) mass is 288 g/mol. The zero-order valence-corrected chi connectivity index (χ0v) is 12.4. The molecule has 0 aliphatic heterocycles. The minimum atomic E-state index is -0.227. The highest BCUT2D eigenvalue weighted by atomic mass is 16.3. The second-order valence-corrected chi connectivity index (χ2v) is 4.97. The van der Waals surface area contributed by atoms with E-state index in [1.807, 2.05) is 19.9 Å². The van der Waals surface area contributed by atoms with Crippen molar-refractivity contribution in [2.75, 3.05) is 12.3 Å². The van der Waals surface area contributed by atoms with Gasteiger partial charge in [-0.15, -0.1) is 0 Å². The molecule has 1 unspecified atom stereocenters. The molecule has 0 radical (unpaired) electrons. The Kier molecular flexibility index (Phi) is 4.16. The largest absolute Gasteiger partial charge is 0.508 e. The number of nitrogens with two attached hydrogens (primary N) is 1. The number of hydrogen-bond donors (Lipinski definition) is 3. The molecule has 1 aromatic heterocycles. The normalized spacial score (nSPS) is 12.1. The van der Waals surface area contributed by atoms with Crippen LogP contribution in [0.1, 0.15) is 41.6 Å². The zero-order valence-electron chi connectivity index (χ0n) is 12.4. The lowest BCUT2D eigenvalue weighted by atomic mass is 10.1. The number of aryl methyl sites for hydroxylation is 1. The van der Waals surface area contributed by atoms with Crippen LogP contribution in [-0.4, -0.2) is 32.7 Å². The fourth-order valence-corrected chi connectivity index (χ4v) is 2.29. The van der Waals surface area contributed by atoms with Crippen molar-refractivity contribution < 1.29 is 9.90 Å². The number of benzene rings is 1. The third-order valence-corrected chi connectivity index (χ3v) is 3.62. The standard InChI is InChI=1S/C15H20N4O2/c1-4-19(10(3)11-6-5-7-12(20)8-11)15(21)14-13(16)9(2)17-18-14/h5-8,10,20H,4,16H2,1-3H3,(H,17,18). The molecule has 1 heterocycles. The predicted octanol–water partition coefficient (Wildman–Crippen LogP) is 2.23. The Bertz CT molecular complexity index is 651. The molecule has 0 saturated heterocycles. The SMILES string of the molecule is CCN(C(=O)c1n[nH]c(C)c1N)C(C)c1cccc(O)c1. The van der Waals surface area contributed by atoms with Gasteiger partial charge in [-0.05, 0) is 38.5 Å². The summed E-state index contributed by atoms with van der Waals surface area (Å²) in [6.07, 6.45) is 0. The highest BCUT2D eigenvalue weighted by molar-refractivity contribution is 5.97. The molecule has 0 spiro atoms. The number of anilines is 1. The van der Waals surface area contributed by atoms with Crippen molar-refractivity contribution in [1.29, 1.82) is 0 Å². The Balaban J connectivity index is 2.31. The summed E-state index contributed by atoms with van der Waals surface area (Å²) in [4.78, 5) is 14.3. The van der Waals surface area contributed by atoms with Crippen molar-refractivity contribution in [2.45, 2.75) is 26.8 Å². The molecular weight excluding hydrogens is 268 g/mol. The van der Waals surface area contributed by atoms with Gasteiger partial charge in [-0.2, -0.15) is 5.10 Å². The third-order valence-electron chi connectivity index (χ3n) is 3.62. The third kappa shape index (κ3) is 2.84. The Hall–Kier alpha value is -2.50. The van der Waals surface area contributed by atoms with Crippen LogP contribution in [0.4, 0.5) is 5.69 Å². The van der Waals surface area contributed by atoms with E-state index in [2.05, 4.69) is 10.2 Å². The van der Waals surface area contributed by atoms with E-state index in [-0.39, 0.29) is 23.4 Å². The van der Waals surface area contributed by atoms with E-state index in [1.54, 1.807) is 30.0 Å². The van der Waals surface area contributed by atoms with Gasteiger partial charge in [-0.3, -0.25) is 9.89 Å². The summed E-state index contributed by atoms with van der Waals surface area (Å²) in [5, 5.41) is 16.3. The molecule has 4 N–H and O–H groups in total. The summed E-state index contributed by atoms with van der Waals surface area (Å²) >= 11 is 0. The number of amides is 1. The summed E-state index contributed by atoms with van der Waals surface area (Å²) in [7, 11) is 0. The minimum absolute atomic E-state index is 0.179. The van der Waals surface area contributed by atoms with Gasteiger partial charge in [0, 0.05) is 6.54 Å². The maximum Gasteiger partial charge on any atom is 0.277 e. The van der Waals surface area contributed by atoms with Crippen LogP contribution < -0.4 is 5.73 Å². The van der Waals surface area contributed by atoms with Crippen molar-refractivity contribution in [3.63, 3.8) is 0 Å². The van der Waals surface area contributed by atoms with Gasteiger partial charge in [0.1, 0.15) is 5.75 Å². The predicted molar refractivity (Wildman–Crippen MR) is 81.0 cm³/mol. The first kappa shape index (κ1) is 14.9. The van der Waals surface area contributed by atoms with Crippen LogP contribution in [0.2, 0.25) is 0 Å². The van der Waals surface area contributed by atoms with Crippen LogP contribution in [0.3, 0.4) is 0 Å². The number of phenolic OH excluding ortho intramolecular Hbond substituents is 1. The molecule has 0 aliphatic rings. The number of hydrogen-bond acceptors (Lipinski definition) is 4. The first-order valence-corrected chi connectivity index (χ1v) is 6.86. The van der Waals surface area contributed by atoms with Crippen LogP contribution in [0.5, 0.6) is 5.75 Å². The second kappa shape index (κ2) is 5.87. The molecule has 6 nitrogen and oxygen atoms in total. The van der Waals surface area contributed by atoms with E-state index in [4.69, 9.17) is 5.73 Å². The molecule has 2 rings (SSSR count). The molecule has 6 heteroatoms. The summed E-state index contributed by atoms with van der Waals surface area (Å²) < 4.78 is 0. The van der Waals surface area contributed by atoms with Crippen molar-refractivity contribution >= 4 is 11.6 Å². The lowest BCUT2D eigenvalue weighted by Crippen LogP contribution is -2.34. The first-order valence-electron chi connectivity index (χ1n) is 6.86. The number of nitrogen functional groups attached to an aromatic ring is 1. The average molecular weight is 288 g/mol. The van der Waals surface area contributed by atoms with E-state index >= 15 is 0 Å². The Morgan fingerprint density at radius 1 is 1.52 bits per heavy atom. The highest BCUT2D eigenvalue weighted by Gasteiger charge is 2.25.